The van der Waals surface area contributed by atoms with Gasteiger partial charge in [0.1, 0.15) is 11.5 Å². The van der Waals surface area contributed by atoms with Crippen molar-refractivity contribution in [2.45, 2.75) is 24.2 Å². The van der Waals surface area contributed by atoms with Crippen LogP contribution >= 0.6 is 15.9 Å². The molecule has 6 nitrogen and oxygen atoms in total. The fraction of sp³-hybridized carbons (Fsp3) is 0.381. The average Bonchev–Trinajstić information content (AvgIpc) is 2.69. The highest BCUT2D eigenvalue weighted by Gasteiger charge is 2.10. The first-order valence-electron chi connectivity index (χ1n) is 9.31. The van der Waals surface area contributed by atoms with Crippen LogP contribution in [0.4, 0.5) is 0 Å². The Morgan fingerprint density at radius 1 is 1.03 bits per heavy atom. The van der Waals surface area contributed by atoms with E-state index >= 15 is 0 Å². The molecule has 1 amide bonds. The van der Waals surface area contributed by atoms with Gasteiger partial charge < -0.3 is 14.4 Å². The van der Waals surface area contributed by atoms with Gasteiger partial charge in [-0.25, -0.2) is 8.42 Å². The van der Waals surface area contributed by atoms with Crippen molar-refractivity contribution in [2.24, 2.45) is 0 Å². The maximum Gasteiger partial charge on any atom is 0.222 e. The normalized spacial score (nSPS) is 11.1. The molecule has 0 N–H and O–H groups in total. The summed E-state index contributed by atoms with van der Waals surface area (Å²) in [5.74, 6) is 1.33. The Labute approximate surface area is 180 Å². The predicted octanol–water partition coefficient (Wildman–Crippen LogP) is 3.94. The lowest BCUT2D eigenvalue weighted by Crippen LogP contribution is -2.28. The lowest BCUT2D eigenvalue weighted by Gasteiger charge is -2.17. The van der Waals surface area contributed by atoms with Crippen LogP contribution in [0.3, 0.4) is 0 Å². The standard InChI is InChI=1S/C21H26BrNO5S/c1-23(21(24)12-6-14-28-20-11-4-3-10-19(20)22)13-7-15-27-17-8-5-9-18(16-17)29(2,25)26/h3-5,8-11,16H,6-7,12-15H2,1-2H3. The number of hydrogen-bond acceptors (Lipinski definition) is 5. The number of carbonyl (C=O) groups is 1. The van der Waals surface area contributed by atoms with Gasteiger partial charge in [-0.05, 0) is 59.1 Å². The molecule has 0 saturated heterocycles. The van der Waals surface area contributed by atoms with Crippen LogP contribution in [0.5, 0.6) is 11.5 Å². The van der Waals surface area contributed by atoms with Crippen molar-refractivity contribution in [3.8, 4) is 11.5 Å². The molecule has 2 aromatic rings. The quantitative estimate of drug-likeness (QED) is 0.452. The highest BCUT2D eigenvalue weighted by Crippen LogP contribution is 2.24. The SMILES string of the molecule is CN(CCCOc1cccc(S(C)(=O)=O)c1)C(=O)CCCOc1ccccc1Br. The number of benzene rings is 2. The minimum atomic E-state index is -3.26. The van der Waals surface area contributed by atoms with Gasteiger partial charge in [-0.1, -0.05) is 18.2 Å². The van der Waals surface area contributed by atoms with Gasteiger partial charge in [0.25, 0.3) is 0 Å². The summed E-state index contributed by atoms with van der Waals surface area (Å²) in [6.45, 7) is 1.44. The molecule has 8 heteroatoms. The largest absolute Gasteiger partial charge is 0.493 e. The van der Waals surface area contributed by atoms with Crippen LogP contribution in [0.15, 0.2) is 57.9 Å². The minimum absolute atomic E-state index is 0.0554. The molecule has 0 radical (unpaired) electrons. The van der Waals surface area contributed by atoms with Crippen molar-refractivity contribution in [2.75, 3.05) is 33.1 Å². The molecule has 0 bridgehead atoms. The van der Waals surface area contributed by atoms with Gasteiger partial charge in [0, 0.05) is 26.3 Å². The molecule has 0 fully saturated rings. The second-order valence-corrected chi connectivity index (χ2v) is 9.52. The minimum Gasteiger partial charge on any atom is -0.493 e. The number of halogens is 1. The van der Waals surface area contributed by atoms with Crippen LogP contribution in [0.25, 0.3) is 0 Å². The average molecular weight is 484 g/mol. The Morgan fingerprint density at radius 3 is 2.48 bits per heavy atom. The molecule has 0 saturated carbocycles. The zero-order valence-corrected chi connectivity index (χ0v) is 19.0. The van der Waals surface area contributed by atoms with Gasteiger partial charge in [-0.15, -0.1) is 0 Å². The molecule has 29 heavy (non-hydrogen) atoms. The van der Waals surface area contributed by atoms with E-state index in [2.05, 4.69) is 15.9 Å². The number of hydrogen-bond donors (Lipinski definition) is 0. The van der Waals surface area contributed by atoms with Crippen molar-refractivity contribution in [3.63, 3.8) is 0 Å². The zero-order valence-electron chi connectivity index (χ0n) is 16.6. The van der Waals surface area contributed by atoms with Crippen LogP contribution < -0.4 is 9.47 Å². The van der Waals surface area contributed by atoms with E-state index in [0.717, 1.165) is 16.5 Å². The van der Waals surface area contributed by atoms with E-state index < -0.39 is 9.84 Å². The van der Waals surface area contributed by atoms with Crippen molar-refractivity contribution < 1.29 is 22.7 Å². The smallest absolute Gasteiger partial charge is 0.222 e. The topological polar surface area (TPSA) is 72.9 Å². The summed E-state index contributed by atoms with van der Waals surface area (Å²) in [6, 6.07) is 14.0. The van der Waals surface area contributed by atoms with E-state index in [1.54, 1.807) is 24.1 Å². The van der Waals surface area contributed by atoms with Gasteiger partial charge in [-0.2, -0.15) is 0 Å². The Morgan fingerprint density at radius 2 is 1.76 bits per heavy atom. The molecule has 0 heterocycles. The molecule has 0 spiro atoms. The molecular weight excluding hydrogens is 458 g/mol. The number of carbonyl (C=O) groups excluding carboxylic acids is 1. The summed E-state index contributed by atoms with van der Waals surface area (Å²) in [7, 11) is -1.49. The molecule has 0 aromatic heterocycles. The van der Waals surface area contributed by atoms with E-state index in [-0.39, 0.29) is 10.8 Å². The van der Waals surface area contributed by atoms with Crippen LogP contribution in [0.2, 0.25) is 0 Å². The first-order valence-corrected chi connectivity index (χ1v) is 12.0. The fourth-order valence-electron chi connectivity index (χ4n) is 2.57. The van der Waals surface area contributed by atoms with E-state index in [9.17, 15) is 13.2 Å². The molecular formula is C21H26BrNO5S. The van der Waals surface area contributed by atoms with Gasteiger partial charge in [0.15, 0.2) is 9.84 Å². The first kappa shape index (κ1) is 23.2. The third-order valence-corrected chi connectivity index (χ3v) is 5.96. The Bertz CT molecular complexity index is 917. The van der Waals surface area contributed by atoms with Crippen molar-refractivity contribution in [1.29, 1.82) is 0 Å². The Kier molecular flexibility index (Phi) is 8.98. The van der Waals surface area contributed by atoms with E-state index in [1.807, 2.05) is 24.3 Å². The summed E-state index contributed by atoms with van der Waals surface area (Å²) < 4.78 is 35.3. The molecule has 0 aliphatic heterocycles. The van der Waals surface area contributed by atoms with Gasteiger partial charge >= 0.3 is 0 Å². The number of ether oxygens (including phenoxy) is 2. The molecule has 0 atom stereocenters. The van der Waals surface area contributed by atoms with Crippen molar-refractivity contribution >= 4 is 31.7 Å². The third kappa shape index (κ3) is 8.06. The lowest BCUT2D eigenvalue weighted by molar-refractivity contribution is -0.130. The van der Waals surface area contributed by atoms with E-state index in [0.29, 0.717) is 44.8 Å². The first-order chi connectivity index (χ1) is 13.8. The summed E-state index contributed by atoms with van der Waals surface area (Å²) in [5, 5.41) is 0. The highest BCUT2D eigenvalue weighted by atomic mass is 79.9. The second kappa shape index (κ2) is 11.2. The number of nitrogens with zero attached hydrogens (tertiary/aromatic N) is 1. The van der Waals surface area contributed by atoms with Crippen LogP contribution in [0.1, 0.15) is 19.3 Å². The lowest BCUT2D eigenvalue weighted by atomic mass is 10.3. The molecule has 2 rings (SSSR count). The second-order valence-electron chi connectivity index (χ2n) is 6.65. The van der Waals surface area contributed by atoms with Crippen LogP contribution in [-0.2, 0) is 14.6 Å². The number of para-hydroxylation sites is 1. The van der Waals surface area contributed by atoms with Crippen LogP contribution in [-0.4, -0.2) is 52.3 Å². The fourth-order valence-corrected chi connectivity index (χ4v) is 3.62. The molecule has 2 aromatic carbocycles. The zero-order chi connectivity index (χ0) is 21.3. The van der Waals surface area contributed by atoms with E-state index in [4.69, 9.17) is 9.47 Å². The number of sulfone groups is 1. The number of rotatable bonds is 11. The van der Waals surface area contributed by atoms with E-state index in [1.165, 1.54) is 12.1 Å². The summed E-state index contributed by atoms with van der Waals surface area (Å²) in [4.78, 5) is 14.1. The maximum atomic E-state index is 12.2. The summed E-state index contributed by atoms with van der Waals surface area (Å²) >= 11 is 3.42. The predicted molar refractivity (Wildman–Crippen MR) is 116 cm³/mol. The van der Waals surface area contributed by atoms with Gasteiger partial charge in [-0.3, -0.25) is 4.79 Å². The van der Waals surface area contributed by atoms with Gasteiger partial charge in [0.2, 0.25) is 5.91 Å². The summed E-state index contributed by atoms with van der Waals surface area (Å²) in [6.07, 6.45) is 2.87. The molecule has 0 aliphatic carbocycles. The Hall–Kier alpha value is -2.06. The van der Waals surface area contributed by atoms with Crippen molar-refractivity contribution in [1.82, 2.24) is 4.90 Å². The maximum absolute atomic E-state index is 12.2. The molecule has 0 aliphatic rings. The van der Waals surface area contributed by atoms with Crippen LogP contribution in [0, 0.1) is 0 Å². The highest BCUT2D eigenvalue weighted by molar-refractivity contribution is 9.10. The summed E-state index contributed by atoms with van der Waals surface area (Å²) in [5.41, 5.74) is 0. The number of amides is 1. The Balaban J connectivity index is 1.64. The molecule has 158 valence electrons. The third-order valence-electron chi connectivity index (χ3n) is 4.20. The van der Waals surface area contributed by atoms with Crippen molar-refractivity contribution in [3.05, 3.63) is 53.0 Å². The van der Waals surface area contributed by atoms with Gasteiger partial charge in [0.05, 0.1) is 22.6 Å². The molecule has 0 unspecified atom stereocenters. The monoisotopic (exact) mass is 483 g/mol.